The Hall–Kier alpha value is -2.36. The van der Waals surface area contributed by atoms with Crippen LogP contribution in [0, 0.1) is 11.6 Å². The molecule has 2 heterocycles. The molecular weight excluding hydrogens is 384 g/mol. The van der Waals surface area contributed by atoms with Gasteiger partial charge in [0, 0.05) is 30.6 Å². The summed E-state index contributed by atoms with van der Waals surface area (Å²) in [7, 11) is 1.88. The van der Waals surface area contributed by atoms with Crippen molar-refractivity contribution in [3.63, 3.8) is 0 Å². The van der Waals surface area contributed by atoms with Crippen LogP contribution in [-0.2, 0) is 18.7 Å². The number of hydrogen-bond acceptors (Lipinski definition) is 6. The third-order valence-corrected chi connectivity index (χ3v) is 5.60. The molecule has 0 aliphatic heterocycles. The highest BCUT2D eigenvalue weighted by Crippen LogP contribution is 2.37. The molecule has 3 aromatic rings. The smallest absolute Gasteiger partial charge is 0.137 e. The Balaban J connectivity index is 1.85. The van der Waals surface area contributed by atoms with Gasteiger partial charge in [-0.15, -0.1) is 0 Å². The first-order valence-corrected chi connectivity index (χ1v) is 9.49. The number of pyridine rings is 1. The van der Waals surface area contributed by atoms with Gasteiger partial charge >= 0.3 is 0 Å². The molecule has 2 atom stereocenters. The maximum atomic E-state index is 14.5. The molecule has 0 aliphatic rings. The van der Waals surface area contributed by atoms with Crippen LogP contribution in [-0.4, -0.2) is 41.5 Å². The van der Waals surface area contributed by atoms with Crippen LogP contribution in [0.15, 0.2) is 55.4 Å². The van der Waals surface area contributed by atoms with Crippen molar-refractivity contribution >= 4 is 11.9 Å². The Kier molecular flexibility index (Phi) is 6.38. The molecule has 1 aromatic carbocycles. The van der Waals surface area contributed by atoms with Crippen LogP contribution in [0.4, 0.5) is 8.78 Å². The highest BCUT2D eigenvalue weighted by molar-refractivity contribution is 7.97. The number of benzene rings is 1. The van der Waals surface area contributed by atoms with Crippen LogP contribution in [0.2, 0.25) is 0 Å². The molecule has 0 spiro atoms. The van der Waals surface area contributed by atoms with E-state index in [1.165, 1.54) is 35.4 Å². The summed E-state index contributed by atoms with van der Waals surface area (Å²) in [6.07, 6.45) is 6.26. The Morgan fingerprint density at radius 3 is 2.75 bits per heavy atom. The molecule has 0 fully saturated rings. The maximum Gasteiger partial charge on any atom is 0.137 e. The summed E-state index contributed by atoms with van der Waals surface area (Å²) in [4.78, 5) is 7.97. The quantitative estimate of drug-likeness (QED) is 0.581. The molecule has 0 aliphatic carbocycles. The maximum absolute atomic E-state index is 14.5. The van der Waals surface area contributed by atoms with Gasteiger partial charge < -0.3 is 5.11 Å². The zero-order valence-electron chi connectivity index (χ0n) is 15.5. The van der Waals surface area contributed by atoms with E-state index in [4.69, 9.17) is 0 Å². The highest BCUT2D eigenvalue weighted by Gasteiger charge is 2.40. The number of hydrogen-bond donors (Lipinski definition) is 1. The first-order valence-electron chi connectivity index (χ1n) is 8.65. The molecule has 1 N–H and O–H groups in total. The second-order valence-corrected chi connectivity index (χ2v) is 8.08. The zero-order valence-corrected chi connectivity index (χ0v) is 16.4. The van der Waals surface area contributed by atoms with Gasteiger partial charge in [0.05, 0.1) is 11.8 Å². The van der Waals surface area contributed by atoms with Crippen molar-refractivity contribution in [3.05, 3.63) is 78.1 Å². The standard InChI is InChI=1S/C19H21F2N5OS/c1-14(28-25(2)10-15-4-3-7-22-9-15)19(27,11-26-13-23-12-24-26)17-6-5-16(20)8-18(17)21/h3-9,12-14,27H,10-11H2,1-2H3/t14-,19-/m1/s1. The fraction of sp³-hybridized carbons (Fsp3) is 0.316. The van der Waals surface area contributed by atoms with Gasteiger partial charge in [0.15, 0.2) is 0 Å². The molecule has 0 unspecified atom stereocenters. The minimum absolute atomic E-state index is 0.0131. The summed E-state index contributed by atoms with van der Waals surface area (Å²) >= 11 is 1.36. The first kappa shape index (κ1) is 20.4. The van der Waals surface area contributed by atoms with Gasteiger partial charge in [-0.25, -0.2) is 22.8 Å². The van der Waals surface area contributed by atoms with E-state index in [2.05, 4.69) is 15.1 Å². The van der Waals surface area contributed by atoms with Crippen molar-refractivity contribution in [1.29, 1.82) is 0 Å². The monoisotopic (exact) mass is 405 g/mol. The molecule has 3 rings (SSSR count). The average molecular weight is 405 g/mol. The van der Waals surface area contributed by atoms with Crippen molar-refractivity contribution in [3.8, 4) is 0 Å². The molecule has 0 amide bonds. The zero-order chi connectivity index (χ0) is 20.1. The van der Waals surface area contributed by atoms with Gasteiger partial charge in [-0.2, -0.15) is 5.10 Å². The summed E-state index contributed by atoms with van der Waals surface area (Å²) < 4.78 is 31.3. The van der Waals surface area contributed by atoms with E-state index in [0.29, 0.717) is 6.54 Å². The van der Waals surface area contributed by atoms with Crippen molar-refractivity contribution in [2.24, 2.45) is 0 Å². The predicted molar refractivity (Wildman–Crippen MR) is 103 cm³/mol. The van der Waals surface area contributed by atoms with Gasteiger partial charge in [0.1, 0.15) is 29.9 Å². The van der Waals surface area contributed by atoms with Crippen molar-refractivity contribution < 1.29 is 13.9 Å². The van der Waals surface area contributed by atoms with Crippen molar-refractivity contribution in [2.75, 3.05) is 7.05 Å². The van der Waals surface area contributed by atoms with Crippen LogP contribution in [0.3, 0.4) is 0 Å². The molecule has 9 heteroatoms. The minimum atomic E-state index is -1.64. The van der Waals surface area contributed by atoms with Crippen LogP contribution in [0.25, 0.3) is 0 Å². The Morgan fingerprint density at radius 1 is 1.29 bits per heavy atom. The van der Waals surface area contributed by atoms with Gasteiger partial charge in [-0.1, -0.05) is 24.1 Å². The third-order valence-electron chi connectivity index (χ3n) is 4.41. The van der Waals surface area contributed by atoms with Crippen LogP contribution in [0.1, 0.15) is 18.1 Å². The number of halogens is 2. The topological polar surface area (TPSA) is 67.1 Å². The lowest BCUT2D eigenvalue weighted by Gasteiger charge is -2.36. The molecule has 0 saturated carbocycles. The van der Waals surface area contributed by atoms with Crippen LogP contribution >= 0.6 is 11.9 Å². The van der Waals surface area contributed by atoms with E-state index < -0.39 is 22.5 Å². The molecule has 2 aromatic heterocycles. The largest absolute Gasteiger partial charge is 0.382 e. The lowest BCUT2D eigenvalue weighted by Crippen LogP contribution is -2.42. The highest BCUT2D eigenvalue weighted by atomic mass is 32.2. The lowest BCUT2D eigenvalue weighted by atomic mass is 9.90. The van der Waals surface area contributed by atoms with Crippen LogP contribution in [0.5, 0.6) is 0 Å². The number of rotatable bonds is 8. The predicted octanol–water partition coefficient (Wildman–Crippen LogP) is 3.01. The molecule has 0 bridgehead atoms. The van der Waals surface area contributed by atoms with E-state index in [9.17, 15) is 13.9 Å². The summed E-state index contributed by atoms with van der Waals surface area (Å²) in [5.41, 5.74) is -0.615. The van der Waals surface area contributed by atoms with Crippen LogP contribution < -0.4 is 0 Å². The fourth-order valence-corrected chi connectivity index (χ4v) is 4.12. The van der Waals surface area contributed by atoms with E-state index in [-0.39, 0.29) is 12.1 Å². The Morgan fingerprint density at radius 2 is 2.11 bits per heavy atom. The second-order valence-electron chi connectivity index (χ2n) is 6.54. The number of aromatic nitrogens is 4. The Labute approximate surface area is 166 Å². The second kappa shape index (κ2) is 8.76. The SMILES string of the molecule is C[C@@H](SN(C)Cc1cccnc1)[C@](O)(Cn1cncn1)c1ccc(F)cc1F. The summed E-state index contributed by atoms with van der Waals surface area (Å²) in [6.45, 7) is 2.36. The van der Waals surface area contributed by atoms with E-state index in [0.717, 1.165) is 17.7 Å². The molecule has 28 heavy (non-hydrogen) atoms. The summed E-state index contributed by atoms with van der Waals surface area (Å²) in [6, 6.07) is 7.00. The molecule has 6 nitrogen and oxygen atoms in total. The van der Waals surface area contributed by atoms with Crippen molar-refractivity contribution in [2.45, 2.75) is 30.9 Å². The summed E-state index contributed by atoms with van der Waals surface area (Å²) in [5, 5.41) is 15.0. The lowest BCUT2D eigenvalue weighted by molar-refractivity contribution is 0.0126. The fourth-order valence-electron chi connectivity index (χ4n) is 2.98. The van der Waals surface area contributed by atoms with Gasteiger partial charge in [0.25, 0.3) is 0 Å². The van der Waals surface area contributed by atoms with Gasteiger partial charge in [0.2, 0.25) is 0 Å². The number of aliphatic hydroxyl groups is 1. The third kappa shape index (κ3) is 4.73. The minimum Gasteiger partial charge on any atom is -0.382 e. The Bertz CT molecular complexity index is 897. The first-order chi connectivity index (χ1) is 13.4. The molecule has 148 valence electrons. The van der Waals surface area contributed by atoms with E-state index in [1.54, 1.807) is 19.3 Å². The van der Waals surface area contributed by atoms with Gasteiger partial charge in [-0.05, 0) is 31.7 Å². The summed E-state index contributed by atoms with van der Waals surface area (Å²) in [5.74, 6) is -1.50. The van der Waals surface area contributed by atoms with E-state index >= 15 is 0 Å². The molecular formula is C19H21F2N5OS. The van der Waals surface area contributed by atoms with E-state index in [1.807, 2.05) is 23.5 Å². The number of nitrogens with zero attached hydrogens (tertiary/aromatic N) is 5. The molecule has 0 radical (unpaired) electrons. The van der Waals surface area contributed by atoms with Gasteiger partial charge in [-0.3, -0.25) is 4.98 Å². The molecule has 0 saturated heterocycles. The normalized spacial score (nSPS) is 14.8. The average Bonchev–Trinajstić information content (AvgIpc) is 3.15. The van der Waals surface area contributed by atoms with Crippen molar-refractivity contribution in [1.82, 2.24) is 24.1 Å².